The Hall–Kier alpha value is -4.34. The zero-order valence-electron chi connectivity index (χ0n) is 35.4. The van der Waals surface area contributed by atoms with E-state index in [4.69, 9.17) is 14.2 Å². The van der Waals surface area contributed by atoms with Crippen LogP contribution < -0.4 is 0 Å². The second-order valence-electron chi connectivity index (χ2n) is 19.8. The summed E-state index contributed by atoms with van der Waals surface area (Å²) < 4.78 is 16.7. The fourth-order valence-corrected chi connectivity index (χ4v) is 11.3. The lowest BCUT2D eigenvalue weighted by atomic mass is 9.83. The van der Waals surface area contributed by atoms with E-state index in [1.807, 2.05) is 6.08 Å². The van der Waals surface area contributed by atoms with Crippen molar-refractivity contribution in [2.75, 3.05) is 0 Å². The summed E-state index contributed by atoms with van der Waals surface area (Å²) in [6, 6.07) is 0. The van der Waals surface area contributed by atoms with Crippen molar-refractivity contribution in [2.45, 2.75) is 142 Å². The van der Waals surface area contributed by atoms with Crippen LogP contribution in [0.5, 0.6) is 0 Å². The molecule has 6 unspecified atom stereocenters. The number of allylic oxidation sites excluding steroid dienone is 5. The van der Waals surface area contributed by atoms with Crippen LogP contribution in [0, 0.1) is 51.8 Å². The number of aliphatic carboxylic acids is 1. The molecule has 0 spiro atoms. The Balaban J connectivity index is 0.000000134. The number of hydrogen-bond acceptors (Lipinski definition) is 9. The number of esters is 3. The largest absolute Gasteiger partial charge is 0.478 e. The van der Waals surface area contributed by atoms with E-state index in [-0.39, 0.29) is 76.0 Å². The molecule has 0 amide bonds. The topological polar surface area (TPSA) is 150 Å². The van der Waals surface area contributed by atoms with Gasteiger partial charge in [0.25, 0.3) is 0 Å². The lowest BCUT2D eigenvalue weighted by molar-refractivity contribution is -0.141. The van der Waals surface area contributed by atoms with E-state index in [0.717, 1.165) is 101 Å². The molecule has 9 rings (SSSR count). The first kappa shape index (κ1) is 42.8. The van der Waals surface area contributed by atoms with Crippen molar-refractivity contribution in [1.82, 2.24) is 0 Å². The van der Waals surface area contributed by atoms with Crippen LogP contribution in [0.15, 0.2) is 71.4 Å². The zero-order valence-corrected chi connectivity index (χ0v) is 35.4. The molecule has 6 aliphatic carbocycles. The number of ketones is 1. The monoisotopic (exact) mass is 810 g/mol. The first-order valence-electron chi connectivity index (χ1n) is 21.9. The average Bonchev–Trinajstić information content (AvgIpc) is 4.11. The number of carbonyl (C=O) groups excluding carboxylic acids is 5. The summed E-state index contributed by atoms with van der Waals surface area (Å²) in [5, 5.41) is 9.23. The van der Waals surface area contributed by atoms with Crippen molar-refractivity contribution in [3.63, 3.8) is 0 Å². The van der Waals surface area contributed by atoms with E-state index in [2.05, 4.69) is 52.7 Å². The molecule has 12 atom stereocenters. The van der Waals surface area contributed by atoms with Gasteiger partial charge in [-0.1, -0.05) is 58.7 Å². The third-order valence-electron chi connectivity index (χ3n) is 15.9. The van der Waals surface area contributed by atoms with Crippen LogP contribution in [0.4, 0.5) is 0 Å². The van der Waals surface area contributed by atoms with Crippen LogP contribution in [-0.2, 0) is 43.0 Å². The van der Waals surface area contributed by atoms with Crippen molar-refractivity contribution in [3.05, 3.63) is 71.4 Å². The minimum Gasteiger partial charge on any atom is -0.478 e. The van der Waals surface area contributed by atoms with Crippen molar-refractivity contribution in [1.29, 1.82) is 0 Å². The number of carboxylic acid groups (broad SMARTS) is 1. The van der Waals surface area contributed by atoms with Gasteiger partial charge in [-0.25, -0.2) is 19.2 Å². The zero-order chi connectivity index (χ0) is 42.6. The highest BCUT2D eigenvalue weighted by Crippen LogP contribution is 2.63. The Labute approximate surface area is 348 Å². The number of hydrogen-bond donors (Lipinski definition) is 1. The second-order valence-corrected chi connectivity index (χ2v) is 19.8. The highest BCUT2D eigenvalue weighted by molar-refractivity contribution is 5.94. The van der Waals surface area contributed by atoms with Gasteiger partial charge in [0.05, 0.1) is 0 Å². The van der Waals surface area contributed by atoms with E-state index in [9.17, 15) is 33.9 Å². The van der Waals surface area contributed by atoms with E-state index >= 15 is 0 Å². The molecular weight excluding hydrogens is 749 g/mol. The van der Waals surface area contributed by atoms with E-state index in [1.165, 1.54) is 0 Å². The number of ether oxygens (including phenoxy) is 3. The molecule has 0 aromatic rings. The van der Waals surface area contributed by atoms with Crippen LogP contribution in [0.2, 0.25) is 0 Å². The molecule has 3 saturated heterocycles. The summed E-state index contributed by atoms with van der Waals surface area (Å²) in [6.45, 7) is 20.0. The highest BCUT2D eigenvalue weighted by Gasteiger charge is 2.61. The normalized spacial score (nSPS) is 43.4. The number of carbonyl (C=O) groups is 6. The molecule has 3 aliphatic heterocycles. The molecule has 318 valence electrons. The van der Waals surface area contributed by atoms with Crippen molar-refractivity contribution in [3.8, 4) is 0 Å². The van der Waals surface area contributed by atoms with Gasteiger partial charge in [-0.05, 0) is 131 Å². The minimum atomic E-state index is -0.851. The van der Waals surface area contributed by atoms with Gasteiger partial charge in [0.1, 0.15) is 24.6 Å². The molecule has 59 heavy (non-hydrogen) atoms. The Morgan fingerprint density at radius 3 is 1.36 bits per heavy atom. The molecule has 3 saturated carbocycles. The van der Waals surface area contributed by atoms with Gasteiger partial charge in [-0.3, -0.25) is 9.59 Å². The first-order chi connectivity index (χ1) is 27.9. The maximum absolute atomic E-state index is 11.8. The summed E-state index contributed by atoms with van der Waals surface area (Å²) in [7, 11) is 0. The standard InChI is InChI=1S/C17H22O3.C16H20O4.C16H20O3/c1-10-13-7-6-12(11(2)18)5-4-8-17(3)9-14(17)15(13)20-16(10)19;1-9-11-6-5-10(14(17)18)4-3-7-16(2)8-12(16)13(11)20-15(9)19;1-10-12-6-5-11(9-17)4-3-7-16(2)8-13(16)14(12)19-15(10)18/h5,13-15H,1,4,6-9H2,2-3H3;4,11-13H,1,3,5-8H2,2H3,(H,17,18);4,9,12-14H,1,3,5-8H2,2H3/b12-5+;10-4+;11-4+/t13-,14?,15-,17?;11-,12?,13-,16?;12-,13?,14-,16?/m000/s1. The fourth-order valence-electron chi connectivity index (χ4n) is 11.3. The summed E-state index contributed by atoms with van der Waals surface area (Å²) in [6.07, 6.45) is 20.1. The van der Waals surface area contributed by atoms with Crippen molar-refractivity contribution < 1.29 is 48.1 Å². The van der Waals surface area contributed by atoms with Gasteiger partial charge in [0.15, 0.2) is 5.78 Å². The summed E-state index contributed by atoms with van der Waals surface area (Å²) in [4.78, 5) is 69.3. The molecule has 6 fully saturated rings. The maximum Gasteiger partial charge on any atom is 0.334 e. The lowest BCUT2D eigenvalue weighted by Gasteiger charge is -2.22. The van der Waals surface area contributed by atoms with Crippen LogP contribution in [0.25, 0.3) is 0 Å². The molecule has 0 bridgehead atoms. The molecule has 0 aromatic heterocycles. The predicted molar refractivity (Wildman–Crippen MR) is 220 cm³/mol. The van der Waals surface area contributed by atoms with Crippen LogP contribution in [-0.4, -0.2) is 59.4 Å². The molecule has 10 heteroatoms. The third kappa shape index (κ3) is 8.65. The summed E-state index contributed by atoms with van der Waals surface area (Å²) >= 11 is 0. The predicted octanol–water partition coefficient (Wildman–Crippen LogP) is 8.70. The average molecular weight is 811 g/mol. The Bertz CT molecular complexity index is 1850. The summed E-state index contributed by atoms with van der Waals surface area (Å²) in [5.74, 6) is 0.0683. The molecule has 9 aliphatic rings. The molecular formula is C49H62O10. The molecule has 10 nitrogen and oxygen atoms in total. The number of rotatable bonds is 3. The maximum atomic E-state index is 11.8. The van der Waals surface area contributed by atoms with Crippen LogP contribution >= 0.6 is 0 Å². The number of Topliss-reactive ketones (excluding diaryl/α,β-unsaturated/α-hetero) is 1. The molecule has 0 radical (unpaired) electrons. The summed E-state index contributed by atoms with van der Waals surface area (Å²) in [5.41, 5.74) is 4.67. The second kappa shape index (κ2) is 16.3. The quantitative estimate of drug-likeness (QED) is 0.127. The van der Waals surface area contributed by atoms with E-state index in [1.54, 1.807) is 6.92 Å². The van der Waals surface area contributed by atoms with Crippen molar-refractivity contribution in [2.24, 2.45) is 51.8 Å². The first-order valence-corrected chi connectivity index (χ1v) is 21.9. The number of fused-ring (bicyclic) bond motifs is 9. The molecule has 0 aromatic carbocycles. The van der Waals surface area contributed by atoms with Gasteiger partial charge in [0.2, 0.25) is 0 Å². The van der Waals surface area contributed by atoms with Crippen LogP contribution in [0.1, 0.15) is 124 Å². The van der Waals surface area contributed by atoms with Crippen LogP contribution in [0.3, 0.4) is 0 Å². The third-order valence-corrected chi connectivity index (χ3v) is 15.9. The SMILES string of the molecule is C=C1C(=O)O[C@@H]2C3CC3(C)CC/C=C(/C(=O)O)CC[C@@H]12.C=C1C(=O)O[C@@H]2C3CC3(C)CC/C=C(/C(C)=O)CC[C@@H]12.C=C1C(=O)O[C@@H]2C3CC3(C)CC/C=C(/C=O)CC[C@@H]12. The molecule has 1 N–H and O–H groups in total. The minimum absolute atomic E-state index is 0.00370. The Kier molecular flexibility index (Phi) is 11.8. The van der Waals surface area contributed by atoms with Gasteiger partial charge in [-0.15, -0.1) is 0 Å². The van der Waals surface area contributed by atoms with E-state index in [0.29, 0.717) is 52.9 Å². The van der Waals surface area contributed by atoms with Gasteiger partial charge in [0, 0.05) is 57.8 Å². The van der Waals surface area contributed by atoms with E-state index < -0.39 is 5.97 Å². The smallest absolute Gasteiger partial charge is 0.334 e. The van der Waals surface area contributed by atoms with Crippen molar-refractivity contribution >= 4 is 35.9 Å². The van der Waals surface area contributed by atoms with Gasteiger partial charge in [-0.2, -0.15) is 0 Å². The highest BCUT2D eigenvalue weighted by atomic mass is 16.6. The lowest BCUT2D eigenvalue weighted by Crippen LogP contribution is -2.23. The number of aldehydes is 1. The number of carboxylic acids is 1. The van der Waals surface area contributed by atoms with Gasteiger partial charge >= 0.3 is 23.9 Å². The van der Waals surface area contributed by atoms with Gasteiger partial charge < -0.3 is 19.3 Å². The molecule has 3 heterocycles. The Morgan fingerprint density at radius 2 is 0.983 bits per heavy atom. The Morgan fingerprint density at radius 1 is 0.627 bits per heavy atom. The fraction of sp³-hybridized carbons (Fsp3) is 0.633.